The van der Waals surface area contributed by atoms with Crippen molar-refractivity contribution in [1.82, 2.24) is 4.98 Å². The summed E-state index contributed by atoms with van der Waals surface area (Å²) in [7, 11) is 1.49. The van der Waals surface area contributed by atoms with Crippen LogP contribution in [-0.4, -0.2) is 54.0 Å². The Morgan fingerprint density at radius 2 is 1.87 bits per heavy atom. The van der Waals surface area contributed by atoms with Crippen LogP contribution < -0.4 is 15.8 Å². The molecule has 1 saturated heterocycles. The molecule has 8 nitrogen and oxygen atoms in total. The van der Waals surface area contributed by atoms with Gasteiger partial charge in [-0.15, -0.1) is 0 Å². The molecule has 0 spiro atoms. The fraction of sp³-hybridized carbons (Fsp3) is 0.480. The number of nitrogens with one attached hydrogen (secondary N) is 1. The molecule has 1 aliphatic carbocycles. The number of rotatable bonds is 7. The highest BCUT2D eigenvalue weighted by molar-refractivity contribution is 5.97. The van der Waals surface area contributed by atoms with Gasteiger partial charge in [0.25, 0.3) is 11.8 Å². The standard InChI is InChI=1S/C25H26F5N3O5/c1-11-18(15-4-5-16(26)19(27)20(15)37-14-9-13(10-14)36-3)21(38-24(11,2)25(28,29)30)23(35)33-12-6-7-32-17(8-12)22(31)34/h4-8,11,13-14,18,21H,9-10H2,1-3H3,(H2,31,34)(H,32,33,35)/t11-,13-,14+,18-,21+,24+/m0/s1. The van der Waals surface area contributed by atoms with E-state index >= 15 is 4.39 Å². The molecule has 0 bridgehead atoms. The lowest BCUT2D eigenvalue weighted by molar-refractivity contribution is -0.272. The van der Waals surface area contributed by atoms with Crippen LogP contribution in [0.1, 0.15) is 48.7 Å². The van der Waals surface area contributed by atoms with Crippen molar-refractivity contribution in [1.29, 1.82) is 0 Å². The van der Waals surface area contributed by atoms with E-state index in [1.165, 1.54) is 26.3 Å². The average Bonchev–Trinajstić information content (AvgIpc) is 3.10. The molecular weight excluding hydrogens is 517 g/mol. The molecule has 206 valence electrons. The number of nitrogens with zero attached hydrogens (tertiary/aromatic N) is 1. The first-order chi connectivity index (χ1) is 17.8. The maximum atomic E-state index is 15.0. The molecule has 1 saturated carbocycles. The van der Waals surface area contributed by atoms with Crippen LogP contribution in [-0.2, 0) is 14.3 Å². The number of aromatic nitrogens is 1. The number of carbonyl (C=O) groups is 2. The van der Waals surface area contributed by atoms with Crippen LogP contribution in [0.2, 0.25) is 0 Å². The van der Waals surface area contributed by atoms with E-state index in [2.05, 4.69) is 10.3 Å². The summed E-state index contributed by atoms with van der Waals surface area (Å²) in [5, 5.41) is 2.41. The van der Waals surface area contributed by atoms with E-state index in [1.807, 2.05) is 0 Å². The highest BCUT2D eigenvalue weighted by Gasteiger charge is 2.66. The SMILES string of the molecule is CO[C@H]1C[C@@H](Oc2c([C@H]3[C@H](C(=O)Nc4ccnc(C(N)=O)c4)O[C@@](C)(C(F)(F)F)[C@H]3C)ccc(F)c2F)C1. The van der Waals surface area contributed by atoms with E-state index in [0.29, 0.717) is 12.8 Å². The minimum absolute atomic E-state index is 0.0243. The van der Waals surface area contributed by atoms with E-state index in [4.69, 9.17) is 19.9 Å². The molecule has 3 N–H and O–H groups in total. The summed E-state index contributed by atoms with van der Waals surface area (Å²) in [6.45, 7) is 2.02. The van der Waals surface area contributed by atoms with Crippen molar-refractivity contribution in [3.8, 4) is 5.75 Å². The predicted molar refractivity (Wildman–Crippen MR) is 123 cm³/mol. The monoisotopic (exact) mass is 543 g/mol. The third-order valence-electron chi connectivity index (χ3n) is 7.32. The van der Waals surface area contributed by atoms with Gasteiger partial charge < -0.3 is 25.3 Å². The largest absolute Gasteiger partial charge is 0.487 e. The van der Waals surface area contributed by atoms with Crippen LogP contribution in [0.5, 0.6) is 5.75 Å². The predicted octanol–water partition coefficient (Wildman–Crippen LogP) is 4.09. The molecule has 1 aromatic carbocycles. The zero-order valence-corrected chi connectivity index (χ0v) is 20.6. The summed E-state index contributed by atoms with van der Waals surface area (Å²) in [5.74, 6) is -7.91. The zero-order chi connectivity index (χ0) is 28.0. The molecule has 13 heteroatoms. The molecule has 2 fully saturated rings. The van der Waals surface area contributed by atoms with E-state index in [0.717, 1.165) is 25.1 Å². The number of hydrogen-bond acceptors (Lipinski definition) is 6. The minimum atomic E-state index is -4.91. The highest BCUT2D eigenvalue weighted by Crippen LogP contribution is 2.55. The number of benzene rings is 1. The molecule has 1 aromatic heterocycles. The van der Waals surface area contributed by atoms with Crippen molar-refractivity contribution in [2.24, 2.45) is 11.7 Å². The molecule has 2 aliphatic rings. The smallest absolute Gasteiger partial charge is 0.417 e. The van der Waals surface area contributed by atoms with Crippen molar-refractivity contribution < 1.29 is 45.8 Å². The quantitative estimate of drug-likeness (QED) is 0.509. The average molecular weight is 543 g/mol. The van der Waals surface area contributed by atoms with Crippen LogP contribution in [0.25, 0.3) is 0 Å². The lowest BCUT2D eigenvalue weighted by atomic mass is 9.76. The van der Waals surface area contributed by atoms with Crippen LogP contribution in [0.15, 0.2) is 30.5 Å². The van der Waals surface area contributed by atoms with Gasteiger partial charge in [-0.05, 0) is 25.1 Å². The summed E-state index contributed by atoms with van der Waals surface area (Å²) >= 11 is 0. The minimum Gasteiger partial charge on any atom is -0.487 e. The summed E-state index contributed by atoms with van der Waals surface area (Å²) in [5.41, 5.74) is 2.09. The van der Waals surface area contributed by atoms with Crippen LogP contribution in [0.3, 0.4) is 0 Å². The zero-order valence-electron chi connectivity index (χ0n) is 20.6. The molecule has 0 unspecified atom stereocenters. The van der Waals surface area contributed by atoms with Crippen LogP contribution >= 0.6 is 0 Å². The van der Waals surface area contributed by atoms with Crippen molar-refractivity contribution in [3.63, 3.8) is 0 Å². The van der Waals surface area contributed by atoms with Crippen molar-refractivity contribution in [2.75, 3.05) is 12.4 Å². The summed E-state index contributed by atoms with van der Waals surface area (Å²) in [6, 6.07) is 4.31. The lowest BCUT2D eigenvalue weighted by Gasteiger charge is -2.36. The molecule has 4 rings (SSSR count). The van der Waals surface area contributed by atoms with Crippen molar-refractivity contribution in [2.45, 2.75) is 62.7 Å². The number of amides is 2. The Kier molecular flexibility index (Phi) is 7.36. The molecule has 1 aliphatic heterocycles. The number of primary amides is 1. The molecular formula is C25H26F5N3O5. The number of hydrogen-bond donors (Lipinski definition) is 2. The summed E-state index contributed by atoms with van der Waals surface area (Å²) < 4.78 is 88.1. The second-order valence-corrected chi connectivity index (χ2v) is 9.59. The van der Waals surface area contributed by atoms with Crippen molar-refractivity contribution in [3.05, 3.63) is 53.4 Å². The van der Waals surface area contributed by atoms with Crippen molar-refractivity contribution >= 4 is 17.5 Å². The second kappa shape index (κ2) is 10.1. The second-order valence-electron chi connectivity index (χ2n) is 9.59. The fourth-order valence-electron chi connectivity index (χ4n) is 4.78. The molecule has 2 heterocycles. The number of nitrogens with two attached hydrogens (primary N) is 1. The van der Waals surface area contributed by atoms with E-state index in [9.17, 15) is 27.2 Å². The Morgan fingerprint density at radius 1 is 1.18 bits per heavy atom. The highest BCUT2D eigenvalue weighted by atomic mass is 19.4. The van der Waals surface area contributed by atoms with E-state index < -0.39 is 65.0 Å². The number of pyridine rings is 1. The lowest BCUT2D eigenvalue weighted by Crippen LogP contribution is -2.47. The number of methoxy groups -OCH3 is 1. The molecule has 2 amide bonds. The Morgan fingerprint density at radius 3 is 2.47 bits per heavy atom. The number of anilines is 1. The first kappa shape index (κ1) is 27.7. The molecule has 0 radical (unpaired) electrons. The van der Waals surface area contributed by atoms with Gasteiger partial charge in [0.2, 0.25) is 5.82 Å². The van der Waals surface area contributed by atoms with Crippen LogP contribution in [0, 0.1) is 17.6 Å². The third kappa shape index (κ3) is 4.92. The molecule has 38 heavy (non-hydrogen) atoms. The fourth-order valence-corrected chi connectivity index (χ4v) is 4.78. The maximum absolute atomic E-state index is 15.0. The summed E-state index contributed by atoms with van der Waals surface area (Å²) in [6.07, 6.45) is -5.48. The Hall–Kier alpha value is -3.32. The Labute approximate surface area is 214 Å². The van der Waals surface area contributed by atoms with Gasteiger partial charge in [0.15, 0.2) is 17.2 Å². The van der Waals surface area contributed by atoms with Gasteiger partial charge in [-0.25, -0.2) is 4.39 Å². The van der Waals surface area contributed by atoms with Gasteiger partial charge >= 0.3 is 6.18 Å². The number of ether oxygens (including phenoxy) is 3. The van der Waals surface area contributed by atoms with Gasteiger partial charge in [0.1, 0.15) is 17.9 Å². The first-order valence-electron chi connectivity index (χ1n) is 11.8. The van der Waals surface area contributed by atoms with Gasteiger partial charge in [-0.1, -0.05) is 13.0 Å². The van der Waals surface area contributed by atoms with Gasteiger partial charge in [0, 0.05) is 49.2 Å². The normalized spacial score (nSPS) is 29.0. The van der Waals surface area contributed by atoms with E-state index in [1.54, 1.807) is 0 Å². The van der Waals surface area contributed by atoms with Gasteiger partial charge in [-0.3, -0.25) is 14.6 Å². The number of alkyl halides is 3. The van der Waals surface area contributed by atoms with Crippen LogP contribution in [0.4, 0.5) is 27.6 Å². The number of halogens is 5. The van der Waals surface area contributed by atoms with Gasteiger partial charge in [-0.2, -0.15) is 17.6 Å². The van der Waals surface area contributed by atoms with Gasteiger partial charge in [0.05, 0.1) is 6.10 Å². The summed E-state index contributed by atoms with van der Waals surface area (Å²) in [4.78, 5) is 28.5. The maximum Gasteiger partial charge on any atom is 0.417 e. The third-order valence-corrected chi connectivity index (χ3v) is 7.32. The Balaban J connectivity index is 1.74. The number of carbonyl (C=O) groups excluding carboxylic acids is 2. The van der Waals surface area contributed by atoms with E-state index in [-0.39, 0.29) is 23.0 Å². The topological polar surface area (TPSA) is 113 Å². The first-order valence-corrected chi connectivity index (χ1v) is 11.8. The Bertz CT molecular complexity index is 1240. The molecule has 2 aromatic rings. The molecule has 4 atom stereocenters.